The summed E-state index contributed by atoms with van der Waals surface area (Å²) < 4.78 is 14.3. The molecule has 0 saturated heterocycles. The molecule has 0 aliphatic carbocycles. The maximum Gasteiger partial charge on any atom is 0.123 e. The topological polar surface area (TPSA) is 38.0 Å². The van der Waals surface area contributed by atoms with E-state index >= 15 is 0 Å². The van der Waals surface area contributed by atoms with Gasteiger partial charge in [0.25, 0.3) is 0 Å². The van der Waals surface area contributed by atoms with Crippen LogP contribution in [0.4, 0.5) is 4.39 Å². The molecule has 18 heavy (non-hydrogen) atoms. The first-order valence-corrected chi connectivity index (χ1v) is 7.63. The highest BCUT2D eigenvalue weighted by atomic mass is 79.9. The highest BCUT2D eigenvalue weighted by Gasteiger charge is 2.16. The number of thioether (sulfide) groups is 1. The van der Waals surface area contributed by atoms with Gasteiger partial charge in [0.2, 0.25) is 0 Å². The van der Waals surface area contributed by atoms with Gasteiger partial charge in [-0.3, -0.25) is 11.3 Å². The predicted octanol–water partition coefficient (Wildman–Crippen LogP) is 3.49. The lowest BCUT2D eigenvalue weighted by atomic mass is 10.1. The molecule has 5 heteroatoms. The van der Waals surface area contributed by atoms with Crippen LogP contribution in [0.1, 0.15) is 26.3 Å². The molecular formula is C13H20BrFN2S. The minimum absolute atomic E-state index is 0.132. The highest BCUT2D eigenvalue weighted by Crippen LogP contribution is 2.25. The van der Waals surface area contributed by atoms with Crippen molar-refractivity contribution in [1.29, 1.82) is 0 Å². The van der Waals surface area contributed by atoms with E-state index in [0.717, 1.165) is 15.8 Å². The van der Waals surface area contributed by atoms with Crippen molar-refractivity contribution in [2.45, 2.75) is 38.0 Å². The van der Waals surface area contributed by atoms with Crippen molar-refractivity contribution in [3.63, 3.8) is 0 Å². The maximum absolute atomic E-state index is 13.2. The molecular weight excluding hydrogens is 315 g/mol. The first-order chi connectivity index (χ1) is 8.31. The molecule has 1 rings (SSSR count). The molecule has 0 aromatic heterocycles. The number of hydrogen-bond donors (Lipinski definition) is 2. The number of nitrogens with one attached hydrogen (secondary N) is 1. The van der Waals surface area contributed by atoms with Crippen LogP contribution in [-0.2, 0) is 6.42 Å². The summed E-state index contributed by atoms with van der Waals surface area (Å²) in [5.74, 6) is 6.24. The Labute approximate surface area is 121 Å². The number of benzene rings is 1. The molecule has 0 aliphatic rings. The average Bonchev–Trinajstić information content (AvgIpc) is 2.27. The summed E-state index contributed by atoms with van der Waals surface area (Å²) in [6, 6.07) is 4.86. The quantitative estimate of drug-likeness (QED) is 0.639. The van der Waals surface area contributed by atoms with Crippen LogP contribution in [0.2, 0.25) is 0 Å². The van der Waals surface area contributed by atoms with E-state index < -0.39 is 0 Å². The average molecular weight is 335 g/mol. The van der Waals surface area contributed by atoms with Gasteiger partial charge in [-0.05, 0) is 30.2 Å². The first kappa shape index (κ1) is 16.0. The van der Waals surface area contributed by atoms with Gasteiger partial charge in [0.15, 0.2) is 0 Å². The summed E-state index contributed by atoms with van der Waals surface area (Å²) in [5.41, 5.74) is 3.74. The van der Waals surface area contributed by atoms with Gasteiger partial charge >= 0.3 is 0 Å². The fraction of sp³-hybridized carbons (Fsp3) is 0.538. The Morgan fingerprint density at radius 2 is 2.11 bits per heavy atom. The maximum atomic E-state index is 13.2. The van der Waals surface area contributed by atoms with E-state index in [-0.39, 0.29) is 16.6 Å². The van der Waals surface area contributed by atoms with Crippen LogP contribution in [0, 0.1) is 5.82 Å². The first-order valence-electron chi connectivity index (χ1n) is 5.86. The molecule has 0 radical (unpaired) electrons. The molecule has 0 amide bonds. The van der Waals surface area contributed by atoms with Crippen LogP contribution < -0.4 is 11.3 Å². The predicted molar refractivity (Wildman–Crippen MR) is 81.1 cm³/mol. The number of hydrazine groups is 1. The second kappa shape index (κ2) is 6.89. The zero-order valence-corrected chi connectivity index (χ0v) is 13.4. The van der Waals surface area contributed by atoms with Crippen LogP contribution in [0.15, 0.2) is 22.7 Å². The molecule has 1 aromatic rings. The van der Waals surface area contributed by atoms with E-state index in [1.165, 1.54) is 6.07 Å². The van der Waals surface area contributed by atoms with Crippen molar-refractivity contribution in [3.05, 3.63) is 34.1 Å². The van der Waals surface area contributed by atoms with E-state index in [1.54, 1.807) is 12.1 Å². The summed E-state index contributed by atoms with van der Waals surface area (Å²) in [6.07, 6.45) is 0.706. The molecule has 102 valence electrons. The second-order valence-electron chi connectivity index (χ2n) is 5.23. The normalized spacial score (nSPS) is 13.7. The van der Waals surface area contributed by atoms with Crippen LogP contribution in [0.3, 0.4) is 0 Å². The zero-order valence-electron chi connectivity index (χ0n) is 11.0. The highest BCUT2D eigenvalue weighted by molar-refractivity contribution is 9.10. The van der Waals surface area contributed by atoms with Crippen LogP contribution in [-0.4, -0.2) is 16.5 Å². The smallest absolute Gasteiger partial charge is 0.123 e. The van der Waals surface area contributed by atoms with E-state index in [2.05, 4.69) is 42.1 Å². The van der Waals surface area contributed by atoms with Gasteiger partial charge in [-0.15, -0.1) is 0 Å². The van der Waals surface area contributed by atoms with E-state index in [4.69, 9.17) is 5.84 Å². The molecule has 0 bridgehead atoms. The molecule has 0 aliphatic heterocycles. The van der Waals surface area contributed by atoms with Crippen LogP contribution >= 0.6 is 27.7 Å². The van der Waals surface area contributed by atoms with Gasteiger partial charge in [0, 0.05) is 21.0 Å². The second-order valence-corrected chi connectivity index (χ2v) is 7.93. The van der Waals surface area contributed by atoms with Crippen molar-refractivity contribution >= 4 is 27.7 Å². The van der Waals surface area contributed by atoms with Crippen molar-refractivity contribution in [2.24, 2.45) is 5.84 Å². The summed E-state index contributed by atoms with van der Waals surface area (Å²) in [4.78, 5) is 0. The summed E-state index contributed by atoms with van der Waals surface area (Å²) in [6.45, 7) is 6.51. The molecule has 0 saturated carbocycles. The van der Waals surface area contributed by atoms with Crippen LogP contribution in [0.25, 0.3) is 0 Å². The monoisotopic (exact) mass is 334 g/mol. The Kier molecular flexibility index (Phi) is 6.11. The third-order valence-corrected chi connectivity index (χ3v) is 4.64. The molecule has 0 fully saturated rings. The number of nitrogens with two attached hydrogens (primary N) is 1. The van der Waals surface area contributed by atoms with Gasteiger partial charge in [0.1, 0.15) is 5.82 Å². The Morgan fingerprint density at radius 1 is 1.44 bits per heavy atom. The Balaban J connectivity index is 2.65. The number of hydrogen-bond acceptors (Lipinski definition) is 3. The third-order valence-electron chi connectivity index (χ3n) is 2.43. The summed E-state index contributed by atoms with van der Waals surface area (Å²) >= 11 is 5.28. The number of halogens is 2. The molecule has 0 spiro atoms. The van der Waals surface area contributed by atoms with Gasteiger partial charge < -0.3 is 0 Å². The van der Waals surface area contributed by atoms with Crippen LogP contribution in [0.5, 0.6) is 0 Å². The van der Waals surface area contributed by atoms with Crippen molar-refractivity contribution in [2.75, 3.05) is 5.75 Å². The van der Waals surface area contributed by atoms with Gasteiger partial charge in [-0.2, -0.15) is 11.8 Å². The van der Waals surface area contributed by atoms with Crippen molar-refractivity contribution in [1.82, 2.24) is 5.43 Å². The Bertz CT molecular complexity index is 393. The molecule has 3 N–H and O–H groups in total. The van der Waals surface area contributed by atoms with E-state index in [9.17, 15) is 4.39 Å². The van der Waals surface area contributed by atoms with E-state index in [0.29, 0.717) is 6.42 Å². The lowest BCUT2D eigenvalue weighted by molar-refractivity contribution is 0.567. The largest absolute Gasteiger partial charge is 0.271 e. The van der Waals surface area contributed by atoms with Crippen molar-refractivity contribution < 1.29 is 4.39 Å². The lowest BCUT2D eigenvalue weighted by Crippen LogP contribution is -2.39. The standard InChI is InChI=1S/C13H20BrFN2S/c1-13(2,3)18-8-11(17-16)7-9-6-10(15)4-5-12(9)14/h4-6,11,17H,7-8,16H2,1-3H3. The SMILES string of the molecule is CC(C)(C)SCC(Cc1cc(F)ccc1Br)NN. The molecule has 2 nitrogen and oxygen atoms in total. The molecule has 1 unspecified atom stereocenters. The summed E-state index contributed by atoms with van der Waals surface area (Å²) in [5, 5.41) is 0. The molecule has 1 atom stereocenters. The Morgan fingerprint density at radius 3 is 2.67 bits per heavy atom. The minimum Gasteiger partial charge on any atom is -0.271 e. The third kappa shape index (κ3) is 5.69. The van der Waals surface area contributed by atoms with Crippen molar-refractivity contribution in [3.8, 4) is 0 Å². The van der Waals surface area contributed by atoms with Gasteiger partial charge in [-0.25, -0.2) is 4.39 Å². The van der Waals surface area contributed by atoms with E-state index in [1.807, 2.05) is 11.8 Å². The van der Waals surface area contributed by atoms with Gasteiger partial charge in [-0.1, -0.05) is 36.7 Å². The zero-order chi connectivity index (χ0) is 13.8. The fourth-order valence-corrected chi connectivity index (χ4v) is 2.81. The minimum atomic E-state index is -0.215. The Hall–Kier alpha value is -0.100. The number of rotatable bonds is 5. The van der Waals surface area contributed by atoms with Gasteiger partial charge in [0.05, 0.1) is 0 Å². The molecule has 1 aromatic carbocycles. The summed E-state index contributed by atoms with van der Waals surface area (Å²) in [7, 11) is 0. The molecule has 0 heterocycles. The fourth-order valence-electron chi connectivity index (χ4n) is 1.48. The lowest BCUT2D eigenvalue weighted by Gasteiger charge is -2.22.